The minimum Gasteiger partial charge on any atom is -0.480 e. The van der Waals surface area contributed by atoms with Gasteiger partial charge in [-0.15, -0.1) is 0 Å². The molecule has 1 amide bonds. The van der Waals surface area contributed by atoms with Crippen LogP contribution in [0.3, 0.4) is 0 Å². The van der Waals surface area contributed by atoms with E-state index in [1.807, 2.05) is 0 Å². The lowest BCUT2D eigenvalue weighted by Gasteiger charge is -2.28. The predicted octanol–water partition coefficient (Wildman–Crippen LogP) is 2.90. The molecule has 2 rings (SSSR count). The number of nitrogens with zero attached hydrogens (tertiary/aromatic N) is 1. The van der Waals surface area contributed by atoms with Gasteiger partial charge in [-0.1, -0.05) is 30.3 Å². The molecule has 0 radical (unpaired) electrons. The van der Waals surface area contributed by atoms with E-state index in [0.717, 1.165) is 0 Å². The number of aliphatic carboxylic acids is 1. The van der Waals surface area contributed by atoms with Crippen molar-refractivity contribution in [1.29, 1.82) is 0 Å². The molecule has 1 unspecified atom stereocenters. The molecule has 1 aromatic carbocycles. The number of amides is 1. The standard InChI is InChI=1S/C15H17F2NO4/c16-15(17)8-4-7-12(13(19)20)18(10-15)14(21)22-9-11-5-2-1-3-6-11/h1-3,5-6,12H,4,7-10H2,(H,19,20). The Kier molecular flexibility index (Phi) is 4.95. The first-order valence-corrected chi connectivity index (χ1v) is 6.97. The van der Waals surface area contributed by atoms with Gasteiger partial charge in [0, 0.05) is 6.42 Å². The maximum atomic E-state index is 13.6. The highest BCUT2D eigenvalue weighted by Gasteiger charge is 2.42. The fraction of sp³-hybridized carbons (Fsp3) is 0.467. The van der Waals surface area contributed by atoms with E-state index >= 15 is 0 Å². The average Bonchev–Trinajstić information content (AvgIpc) is 2.64. The summed E-state index contributed by atoms with van der Waals surface area (Å²) >= 11 is 0. The van der Waals surface area contributed by atoms with E-state index in [-0.39, 0.29) is 19.4 Å². The van der Waals surface area contributed by atoms with Crippen LogP contribution in [0.5, 0.6) is 0 Å². The normalized spacial score (nSPS) is 21.0. The molecule has 0 aromatic heterocycles. The molecule has 1 fully saturated rings. The third-order valence-corrected chi connectivity index (χ3v) is 3.52. The minimum absolute atomic E-state index is 0.00857. The smallest absolute Gasteiger partial charge is 0.411 e. The summed E-state index contributed by atoms with van der Waals surface area (Å²) in [5.74, 6) is -4.40. The van der Waals surface area contributed by atoms with Gasteiger partial charge in [0.2, 0.25) is 0 Å². The Bertz CT molecular complexity index is 536. The van der Waals surface area contributed by atoms with Crippen LogP contribution in [0.25, 0.3) is 0 Å². The zero-order chi connectivity index (χ0) is 16.2. The first kappa shape index (κ1) is 16.2. The van der Waals surface area contributed by atoms with Crippen LogP contribution in [0.4, 0.5) is 13.6 Å². The summed E-state index contributed by atoms with van der Waals surface area (Å²) in [6.07, 6.45) is -1.42. The van der Waals surface area contributed by atoms with Crippen molar-refractivity contribution in [1.82, 2.24) is 4.90 Å². The molecule has 0 spiro atoms. The highest BCUT2D eigenvalue weighted by Crippen LogP contribution is 2.29. The fourth-order valence-corrected chi connectivity index (χ4v) is 2.40. The first-order chi connectivity index (χ1) is 10.4. The minimum atomic E-state index is -3.10. The largest absolute Gasteiger partial charge is 0.480 e. The summed E-state index contributed by atoms with van der Waals surface area (Å²) in [5, 5.41) is 9.14. The monoisotopic (exact) mass is 313 g/mol. The summed E-state index contributed by atoms with van der Waals surface area (Å²) in [6, 6.07) is 7.46. The van der Waals surface area contributed by atoms with Crippen LogP contribution < -0.4 is 0 Å². The van der Waals surface area contributed by atoms with E-state index < -0.39 is 37.0 Å². The van der Waals surface area contributed by atoms with Crippen molar-refractivity contribution in [3.8, 4) is 0 Å². The molecular weight excluding hydrogens is 296 g/mol. The lowest BCUT2D eigenvalue weighted by molar-refractivity contribution is -0.143. The number of carbonyl (C=O) groups excluding carboxylic acids is 1. The van der Waals surface area contributed by atoms with E-state index in [2.05, 4.69) is 0 Å². The second-order valence-electron chi connectivity index (χ2n) is 5.27. The second kappa shape index (κ2) is 6.72. The van der Waals surface area contributed by atoms with Crippen LogP contribution in [0.1, 0.15) is 24.8 Å². The number of halogens is 2. The molecule has 1 heterocycles. The van der Waals surface area contributed by atoms with Crippen LogP contribution in [-0.2, 0) is 16.1 Å². The molecular formula is C15H17F2NO4. The Balaban J connectivity index is 2.07. The molecule has 0 bridgehead atoms. The Morgan fingerprint density at radius 2 is 2.00 bits per heavy atom. The van der Waals surface area contributed by atoms with Gasteiger partial charge < -0.3 is 9.84 Å². The molecule has 120 valence electrons. The topological polar surface area (TPSA) is 66.8 Å². The van der Waals surface area contributed by atoms with Crippen molar-refractivity contribution < 1.29 is 28.2 Å². The van der Waals surface area contributed by atoms with Gasteiger partial charge in [-0.05, 0) is 18.4 Å². The first-order valence-electron chi connectivity index (χ1n) is 6.97. The Morgan fingerprint density at radius 3 is 2.64 bits per heavy atom. The summed E-state index contributed by atoms with van der Waals surface area (Å²) in [4.78, 5) is 23.9. The summed E-state index contributed by atoms with van der Waals surface area (Å²) in [5.41, 5.74) is 0.698. The number of rotatable bonds is 3. The van der Waals surface area contributed by atoms with Crippen LogP contribution in [0, 0.1) is 0 Å². The van der Waals surface area contributed by atoms with Gasteiger partial charge in [0.05, 0.1) is 6.54 Å². The van der Waals surface area contributed by atoms with Gasteiger partial charge in [-0.3, -0.25) is 4.90 Å². The Morgan fingerprint density at radius 1 is 1.32 bits per heavy atom. The molecule has 5 nitrogen and oxygen atoms in total. The molecule has 0 aliphatic carbocycles. The van der Waals surface area contributed by atoms with Gasteiger partial charge in [0.15, 0.2) is 0 Å². The fourth-order valence-electron chi connectivity index (χ4n) is 2.40. The Hall–Kier alpha value is -2.18. The van der Waals surface area contributed by atoms with Crippen molar-refractivity contribution in [3.05, 3.63) is 35.9 Å². The summed E-state index contributed by atoms with van der Waals surface area (Å²) in [6.45, 7) is -1.02. The molecule has 1 aliphatic heterocycles. The zero-order valence-corrected chi connectivity index (χ0v) is 11.9. The predicted molar refractivity (Wildman–Crippen MR) is 73.6 cm³/mol. The number of alkyl halides is 2. The maximum Gasteiger partial charge on any atom is 0.411 e. The number of carboxylic acids is 1. The van der Waals surface area contributed by atoms with E-state index in [1.54, 1.807) is 30.3 Å². The van der Waals surface area contributed by atoms with Crippen LogP contribution in [0.2, 0.25) is 0 Å². The number of hydrogen-bond donors (Lipinski definition) is 1. The average molecular weight is 313 g/mol. The third kappa shape index (κ3) is 4.16. The van der Waals surface area contributed by atoms with Crippen molar-refractivity contribution >= 4 is 12.1 Å². The SMILES string of the molecule is O=C(O)C1CCCC(F)(F)CN1C(=O)OCc1ccccc1. The van der Waals surface area contributed by atoms with Crippen LogP contribution in [0.15, 0.2) is 30.3 Å². The quantitative estimate of drug-likeness (QED) is 0.932. The van der Waals surface area contributed by atoms with Crippen LogP contribution >= 0.6 is 0 Å². The number of hydrogen-bond acceptors (Lipinski definition) is 3. The van der Waals surface area contributed by atoms with Gasteiger partial charge in [0.25, 0.3) is 5.92 Å². The van der Waals surface area contributed by atoms with Crippen molar-refractivity contribution in [3.63, 3.8) is 0 Å². The molecule has 1 aliphatic rings. The molecule has 0 saturated carbocycles. The molecule has 1 N–H and O–H groups in total. The second-order valence-corrected chi connectivity index (χ2v) is 5.27. The maximum absolute atomic E-state index is 13.6. The lowest BCUT2D eigenvalue weighted by atomic mass is 10.1. The van der Waals surface area contributed by atoms with E-state index in [9.17, 15) is 18.4 Å². The highest BCUT2D eigenvalue weighted by molar-refractivity contribution is 5.80. The summed E-state index contributed by atoms with van der Waals surface area (Å²) in [7, 11) is 0. The molecule has 1 saturated heterocycles. The van der Waals surface area contributed by atoms with Crippen molar-refractivity contribution in [2.24, 2.45) is 0 Å². The molecule has 1 atom stereocenters. The van der Waals surface area contributed by atoms with Crippen LogP contribution in [-0.4, -0.2) is 40.6 Å². The zero-order valence-electron chi connectivity index (χ0n) is 11.9. The van der Waals surface area contributed by atoms with E-state index in [1.165, 1.54) is 0 Å². The Labute approximate surface area is 126 Å². The van der Waals surface area contributed by atoms with Gasteiger partial charge in [0.1, 0.15) is 12.6 Å². The van der Waals surface area contributed by atoms with Crippen molar-refractivity contribution in [2.75, 3.05) is 6.54 Å². The van der Waals surface area contributed by atoms with Crippen molar-refractivity contribution in [2.45, 2.75) is 37.8 Å². The lowest BCUT2D eigenvalue weighted by Crippen LogP contribution is -2.48. The molecule has 22 heavy (non-hydrogen) atoms. The molecule has 1 aromatic rings. The summed E-state index contributed by atoms with van der Waals surface area (Å²) < 4.78 is 32.3. The van der Waals surface area contributed by atoms with Gasteiger partial charge >= 0.3 is 12.1 Å². The number of ether oxygens (including phenoxy) is 1. The van der Waals surface area contributed by atoms with E-state index in [0.29, 0.717) is 10.5 Å². The van der Waals surface area contributed by atoms with E-state index in [4.69, 9.17) is 9.84 Å². The number of carbonyl (C=O) groups is 2. The molecule has 7 heteroatoms. The number of carboxylic acid groups (broad SMARTS) is 1. The van der Waals surface area contributed by atoms with Gasteiger partial charge in [-0.25, -0.2) is 18.4 Å². The third-order valence-electron chi connectivity index (χ3n) is 3.52. The highest BCUT2D eigenvalue weighted by atomic mass is 19.3. The number of benzene rings is 1. The van der Waals surface area contributed by atoms with Gasteiger partial charge in [-0.2, -0.15) is 0 Å². The number of likely N-dealkylation sites (tertiary alicyclic amines) is 1.